The lowest BCUT2D eigenvalue weighted by atomic mass is 10.0. The summed E-state index contributed by atoms with van der Waals surface area (Å²) in [6.45, 7) is 4.44. The summed E-state index contributed by atoms with van der Waals surface area (Å²) < 4.78 is 1.78. The number of carbonyl (C=O) groups excluding carboxylic acids is 2. The van der Waals surface area contributed by atoms with Crippen molar-refractivity contribution >= 4 is 22.6 Å². The minimum atomic E-state index is 0.0752. The summed E-state index contributed by atoms with van der Waals surface area (Å²) in [7, 11) is 0. The Labute approximate surface area is 123 Å². The second kappa shape index (κ2) is 5.39. The number of aryl methyl sites for hydroxylation is 1. The normalized spacial score (nSPS) is 17.4. The largest absolute Gasteiger partial charge is 0.300 e. The molecule has 0 saturated carbocycles. The molecule has 1 aliphatic carbocycles. The van der Waals surface area contributed by atoms with E-state index in [4.69, 9.17) is 0 Å². The first-order valence-corrected chi connectivity index (χ1v) is 7.56. The third-order valence-electron chi connectivity index (χ3n) is 4.36. The Morgan fingerprint density at radius 3 is 2.90 bits per heavy atom. The molecule has 110 valence electrons. The molecule has 0 spiro atoms. The average molecular weight is 285 g/mol. The maximum atomic E-state index is 12.3. The van der Waals surface area contributed by atoms with E-state index in [9.17, 15) is 9.59 Å². The Kier molecular flexibility index (Phi) is 3.57. The summed E-state index contributed by atoms with van der Waals surface area (Å²) in [5.74, 6) is 0.520. The van der Waals surface area contributed by atoms with E-state index in [2.05, 4.69) is 10.3 Å². The molecule has 0 N–H and O–H groups in total. The molecule has 5 heteroatoms. The number of Topliss-reactive ketones (excluding diaryl/α,β-unsaturated/α-hetero) is 2. The number of ketones is 2. The van der Waals surface area contributed by atoms with Crippen molar-refractivity contribution in [3.8, 4) is 0 Å². The van der Waals surface area contributed by atoms with E-state index in [1.165, 1.54) is 0 Å². The van der Waals surface area contributed by atoms with Crippen LogP contribution in [0.15, 0.2) is 12.1 Å². The minimum absolute atomic E-state index is 0.0752. The first-order valence-electron chi connectivity index (χ1n) is 7.56. The molecule has 1 aromatic heterocycles. The summed E-state index contributed by atoms with van der Waals surface area (Å²) in [5.41, 5.74) is 3.60. The molecular formula is C16H19N3O2. The molecule has 3 rings (SSSR count). The van der Waals surface area contributed by atoms with Gasteiger partial charge < -0.3 is 0 Å². The summed E-state index contributed by atoms with van der Waals surface area (Å²) in [4.78, 5) is 23.8. The van der Waals surface area contributed by atoms with Gasteiger partial charge in [-0.2, -0.15) is 0 Å². The lowest BCUT2D eigenvalue weighted by molar-refractivity contribution is -0.119. The predicted octanol–water partition coefficient (Wildman–Crippen LogP) is 2.57. The Balaban J connectivity index is 2.01. The van der Waals surface area contributed by atoms with Crippen LogP contribution in [0.2, 0.25) is 0 Å². The zero-order valence-electron chi connectivity index (χ0n) is 12.4. The van der Waals surface area contributed by atoms with Crippen molar-refractivity contribution < 1.29 is 9.59 Å². The van der Waals surface area contributed by atoms with E-state index < -0.39 is 0 Å². The molecule has 5 nitrogen and oxygen atoms in total. The van der Waals surface area contributed by atoms with Gasteiger partial charge in [0.2, 0.25) is 0 Å². The molecule has 1 aliphatic rings. The fourth-order valence-corrected chi connectivity index (χ4v) is 3.03. The summed E-state index contributed by atoms with van der Waals surface area (Å²) in [6, 6.07) is 3.72. The molecule has 2 aromatic rings. The van der Waals surface area contributed by atoms with Crippen molar-refractivity contribution in [1.82, 2.24) is 15.0 Å². The van der Waals surface area contributed by atoms with E-state index >= 15 is 0 Å². The van der Waals surface area contributed by atoms with Gasteiger partial charge >= 0.3 is 0 Å². The highest BCUT2D eigenvalue weighted by Gasteiger charge is 2.31. The number of fused-ring (bicyclic) bond motifs is 3. The van der Waals surface area contributed by atoms with E-state index in [-0.39, 0.29) is 17.5 Å². The van der Waals surface area contributed by atoms with Gasteiger partial charge in [-0.3, -0.25) is 9.59 Å². The second-order valence-electron chi connectivity index (χ2n) is 5.59. The monoisotopic (exact) mass is 285 g/mol. The topological polar surface area (TPSA) is 64.8 Å². The fourth-order valence-electron chi connectivity index (χ4n) is 3.03. The van der Waals surface area contributed by atoms with Crippen LogP contribution in [0.5, 0.6) is 0 Å². The van der Waals surface area contributed by atoms with Crippen LogP contribution in [-0.2, 0) is 17.8 Å². The predicted molar refractivity (Wildman–Crippen MR) is 79.3 cm³/mol. The van der Waals surface area contributed by atoms with E-state index in [1.54, 1.807) is 4.68 Å². The molecule has 1 aromatic carbocycles. The van der Waals surface area contributed by atoms with Gasteiger partial charge in [0.15, 0.2) is 5.78 Å². The van der Waals surface area contributed by atoms with E-state index in [0.29, 0.717) is 19.4 Å². The SMILES string of the molecule is CCC(=O)CCn1nnc2ccc3c(c21)CC(CC)C3=O. The van der Waals surface area contributed by atoms with E-state index in [0.717, 1.165) is 35.0 Å². The molecule has 1 atom stereocenters. The fraction of sp³-hybridized carbons (Fsp3) is 0.500. The van der Waals surface area contributed by atoms with Gasteiger partial charge in [0.25, 0.3) is 0 Å². The lowest BCUT2D eigenvalue weighted by Gasteiger charge is -2.05. The number of carbonyl (C=O) groups is 2. The standard InChI is InChI=1S/C16H19N3O2/c1-3-10-9-13-12(16(10)21)5-6-14-15(13)19(18-17-14)8-7-11(20)4-2/h5-6,10H,3-4,7-9H2,1-2H3. The van der Waals surface area contributed by atoms with Crippen molar-refractivity contribution in [1.29, 1.82) is 0 Å². The van der Waals surface area contributed by atoms with Gasteiger partial charge in [0, 0.05) is 24.3 Å². The van der Waals surface area contributed by atoms with Crippen LogP contribution in [0.4, 0.5) is 0 Å². The van der Waals surface area contributed by atoms with Gasteiger partial charge in [0.05, 0.1) is 12.1 Å². The van der Waals surface area contributed by atoms with Crippen molar-refractivity contribution in [2.45, 2.75) is 46.1 Å². The molecule has 0 radical (unpaired) electrons. The molecule has 0 bridgehead atoms. The van der Waals surface area contributed by atoms with Gasteiger partial charge in [0.1, 0.15) is 11.3 Å². The Hall–Kier alpha value is -2.04. The van der Waals surface area contributed by atoms with Crippen LogP contribution in [0, 0.1) is 5.92 Å². The van der Waals surface area contributed by atoms with Crippen LogP contribution in [0.25, 0.3) is 11.0 Å². The van der Waals surface area contributed by atoms with Gasteiger partial charge in [-0.25, -0.2) is 4.68 Å². The number of aromatic nitrogens is 3. The Bertz CT molecular complexity index is 718. The van der Waals surface area contributed by atoms with Gasteiger partial charge in [-0.15, -0.1) is 5.10 Å². The van der Waals surface area contributed by atoms with Crippen molar-refractivity contribution in [3.63, 3.8) is 0 Å². The first kappa shape index (κ1) is 13.9. The molecular weight excluding hydrogens is 266 g/mol. The molecule has 0 amide bonds. The molecule has 1 heterocycles. The number of nitrogens with zero attached hydrogens (tertiary/aromatic N) is 3. The summed E-state index contributed by atoms with van der Waals surface area (Å²) in [6.07, 6.45) is 2.62. The highest BCUT2D eigenvalue weighted by molar-refractivity contribution is 6.06. The highest BCUT2D eigenvalue weighted by atomic mass is 16.1. The summed E-state index contributed by atoms with van der Waals surface area (Å²) >= 11 is 0. The minimum Gasteiger partial charge on any atom is -0.300 e. The smallest absolute Gasteiger partial charge is 0.166 e. The zero-order chi connectivity index (χ0) is 15.0. The van der Waals surface area contributed by atoms with Crippen molar-refractivity contribution in [3.05, 3.63) is 23.3 Å². The maximum Gasteiger partial charge on any atom is 0.166 e. The zero-order valence-corrected chi connectivity index (χ0v) is 12.4. The van der Waals surface area contributed by atoms with Crippen LogP contribution < -0.4 is 0 Å². The third kappa shape index (κ3) is 2.26. The van der Waals surface area contributed by atoms with Crippen molar-refractivity contribution in [2.24, 2.45) is 5.92 Å². The highest BCUT2D eigenvalue weighted by Crippen LogP contribution is 2.33. The number of hydrogen-bond donors (Lipinski definition) is 0. The molecule has 1 unspecified atom stereocenters. The van der Waals surface area contributed by atoms with Crippen molar-refractivity contribution in [2.75, 3.05) is 0 Å². The molecule has 0 fully saturated rings. The Morgan fingerprint density at radius 2 is 2.19 bits per heavy atom. The number of benzene rings is 1. The van der Waals surface area contributed by atoms with E-state index in [1.807, 2.05) is 26.0 Å². The van der Waals surface area contributed by atoms with Gasteiger partial charge in [-0.1, -0.05) is 19.1 Å². The summed E-state index contributed by atoms with van der Waals surface area (Å²) in [5, 5.41) is 8.32. The number of hydrogen-bond acceptors (Lipinski definition) is 4. The number of rotatable bonds is 5. The van der Waals surface area contributed by atoms with Crippen LogP contribution >= 0.6 is 0 Å². The second-order valence-corrected chi connectivity index (χ2v) is 5.59. The van der Waals surface area contributed by atoms with Crippen LogP contribution in [0.1, 0.15) is 49.0 Å². The average Bonchev–Trinajstić information content (AvgIpc) is 3.05. The van der Waals surface area contributed by atoms with Crippen LogP contribution in [0.3, 0.4) is 0 Å². The molecule has 21 heavy (non-hydrogen) atoms. The quantitative estimate of drug-likeness (QED) is 0.847. The Morgan fingerprint density at radius 1 is 1.38 bits per heavy atom. The first-order chi connectivity index (χ1) is 10.2. The maximum absolute atomic E-state index is 12.3. The van der Waals surface area contributed by atoms with Gasteiger partial charge in [-0.05, 0) is 30.5 Å². The molecule has 0 saturated heterocycles. The lowest BCUT2D eigenvalue weighted by Crippen LogP contribution is -2.07. The third-order valence-corrected chi connectivity index (χ3v) is 4.36. The van der Waals surface area contributed by atoms with Crippen LogP contribution in [-0.4, -0.2) is 26.6 Å². The molecule has 0 aliphatic heterocycles.